The normalized spacial score (nSPS) is 20.8. The second-order valence-corrected chi connectivity index (χ2v) is 8.60. The molecule has 0 fully saturated rings. The van der Waals surface area contributed by atoms with Crippen molar-refractivity contribution in [3.05, 3.63) is 59.6 Å². The number of methoxy groups -OCH3 is 2. The number of benzene rings is 1. The van der Waals surface area contributed by atoms with E-state index in [0.717, 1.165) is 16.9 Å². The van der Waals surface area contributed by atoms with Crippen molar-refractivity contribution in [2.24, 2.45) is 5.41 Å². The fraction of sp³-hybridized carbons (Fsp3) is 0.375. The second kappa shape index (κ2) is 7.59. The van der Waals surface area contributed by atoms with Gasteiger partial charge in [-0.3, -0.25) is 14.6 Å². The zero-order valence-corrected chi connectivity index (χ0v) is 17.8. The predicted molar refractivity (Wildman–Crippen MR) is 114 cm³/mol. The maximum atomic E-state index is 13.1. The Kier molecular flexibility index (Phi) is 5.10. The summed E-state index contributed by atoms with van der Waals surface area (Å²) >= 11 is 0. The molecule has 1 aliphatic heterocycles. The van der Waals surface area contributed by atoms with E-state index in [1.807, 2.05) is 30.3 Å². The van der Waals surface area contributed by atoms with E-state index in [0.29, 0.717) is 29.9 Å². The summed E-state index contributed by atoms with van der Waals surface area (Å²) in [6, 6.07) is 9.30. The van der Waals surface area contributed by atoms with Crippen LogP contribution in [0.4, 0.5) is 5.69 Å². The van der Waals surface area contributed by atoms with Crippen LogP contribution in [0.5, 0.6) is 11.5 Å². The van der Waals surface area contributed by atoms with Gasteiger partial charge in [0.1, 0.15) is 0 Å². The summed E-state index contributed by atoms with van der Waals surface area (Å²) in [6.45, 7) is 4.15. The van der Waals surface area contributed by atoms with Crippen molar-refractivity contribution < 1.29 is 19.1 Å². The van der Waals surface area contributed by atoms with Gasteiger partial charge in [-0.15, -0.1) is 0 Å². The van der Waals surface area contributed by atoms with Crippen molar-refractivity contribution in [1.82, 2.24) is 4.98 Å². The third-order valence-corrected chi connectivity index (χ3v) is 5.85. The molecule has 0 spiro atoms. The number of pyridine rings is 1. The van der Waals surface area contributed by atoms with Crippen LogP contribution >= 0.6 is 0 Å². The third-order valence-electron chi connectivity index (χ3n) is 5.85. The molecular weight excluding hydrogens is 380 g/mol. The van der Waals surface area contributed by atoms with E-state index in [9.17, 15) is 9.59 Å². The number of ether oxygens (including phenoxy) is 2. The van der Waals surface area contributed by atoms with Crippen LogP contribution in [0.25, 0.3) is 0 Å². The molecule has 0 bridgehead atoms. The van der Waals surface area contributed by atoms with E-state index >= 15 is 0 Å². The third kappa shape index (κ3) is 3.47. The highest BCUT2D eigenvalue weighted by Crippen LogP contribution is 2.48. The number of ketones is 2. The molecular formula is C24H26N2O4. The van der Waals surface area contributed by atoms with Gasteiger partial charge in [-0.1, -0.05) is 19.9 Å². The quantitative estimate of drug-likeness (QED) is 0.707. The minimum Gasteiger partial charge on any atom is -0.493 e. The Labute approximate surface area is 176 Å². The number of anilines is 1. The first kappa shape index (κ1) is 20.1. The lowest BCUT2D eigenvalue weighted by atomic mass is 9.72. The van der Waals surface area contributed by atoms with E-state index < -0.39 is 0 Å². The zero-order valence-electron chi connectivity index (χ0n) is 17.8. The molecule has 1 aromatic carbocycles. The van der Waals surface area contributed by atoms with Gasteiger partial charge in [0.2, 0.25) is 0 Å². The van der Waals surface area contributed by atoms with Crippen LogP contribution in [0.2, 0.25) is 0 Å². The molecule has 0 saturated carbocycles. The highest BCUT2D eigenvalue weighted by Gasteiger charge is 2.44. The lowest BCUT2D eigenvalue weighted by Crippen LogP contribution is -2.43. The van der Waals surface area contributed by atoms with Gasteiger partial charge in [0.25, 0.3) is 0 Å². The molecule has 2 heterocycles. The van der Waals surface area contributed by atoms with Crippen LogP contribution < -0.4 is 14.4 Å². The Hall–Kier alpha value is -3.15. The standard InChI is InChI=1S/C24H26N2O4/c1-24(2)13-18-23(20(28)14-24)19(27)12-17(26(18)16-7-9-25-10-8-16)15-5-6-21(29-3)22(11-15)30-4/h5-11,17H,12-14H2,1-4H3. The number of aromatic nitrogens is 1. The van der Waals surface area contributed by atoms with Gasteiger partial charge in [-0.05, 0) is 41.7 Å². The number of allylic oxidation sites excluding steroid dienone is 2. The molecule has 156 valence electrons. The zero-order chi connectivity index (χ0) is 21.5. The predicted octanol–water partition coefficient (Wildman–Crippen LogP) is 4.26. The largest absolute Gasteiger partial charge is 0.493 e. The smallest absolute Gasteiger partial charge is 0.170 e. The molecule has 1 unspecified atom stereocenters. The lowest BCUT2D eigenvalue weighted by molar-refractivity contribution is -0.124. The van der Waals surface area contributed by atoms with Crippen LogP contribution in [0.3, 0.4) is 0 Å². The van der Waals surface area contributed by atoms with Gasteiger partial charge in [-0.2, -0.15) is 0 Å². The van der Waals surface area contributed by atoms with Gasteiger partial charge in [-0.25, -0.2) is 0 Å². The minimum atomic E-state index is -0.250. The summed E-state index contributed by atoms with van der Waals surface area (Å²) in [4.78, 5) is 32.3. The average molecular weight is 406 g/mol. The van der Waals surface area contributed by atoms with E-state index in [1.54, 1.807) is 26.6 Å². The second-order valence-electron chi connectivity index (χ2n) is 8.60. The molecule has 2 aliphatic rings. The van der Waals surface area contributed by atoms with Crippen molar-refractivity contribution in [1.29, 1.82) is 0 Å². The summed E-state index contributed by atoms with van der Waals surface area (Å²) in [6.07, 6.45) is 4.73. The van der Waals surface area contributed by atoms with Crippen molar-refractivity contribution in [2.75, 3.05) is 19.1 Å². The molecule has 6 nitrogen and oxygen atoms in total. The fourth-order valence-corrected chi connectivity index (χ4v) is 4.53. The first-order valence-corrected chi connectivity index (χ1v) is 10.1. The van der Waals surface area contributed by atoms with Crippen LogP contribution in [0.1, 0.15) is 44.7 Å². The van der Waals surface area contributed by atoms with Gasteiger partial charge in [0, 0.05) is 36.6 Å². The average Bonchev–Trinajstić information content (AvgIpc) is 2.72. The Morgan fingerprint density at radius 2 is 1.67 bits per heavy atom. The number of carbonyl (C=O) groups excluding carboxylic acids is 2. The number of hydrogen-bond acceptors (Lipinski definition) is 6. The number of carbonyl (C=O) groups is 2. The fourth-order valence-electron chi connectivity index (χ4n) is 4.53. The summed E-state index contributed by atoms with van der Waals surface area (Å²) in [5.74, 6) is 1.09. The van der Waals surface area contributed by atoms with E-state index in [1.165, 1.54) is 0 Å². The molecule has 4 rings (SSSR count). The molecule has 0 N–H and O–H groups in total. The number of nitrogens with zero attached hydrogens (tertiary/aromatic N) is 2. The molecule has 0 radical (unpaired) electrons. The Morgan fingerprint density at radius 1 is 0.967 bits per heavy atom. The van der Waals surface area contributed by atoms with Crippen molar-refractivity contribution in [3.8, 4) is 11.5 Å². The molecule has 30 heavy (non-hydrogen) atoms. The Morgan fingerprint density at radius 3 is 2.33 bits per heavy atom. The first-order chi connectivity index (χ1) is 14.3. The summed E-state index contributed by atoms with van der Waals surface area (Å²) < 4.78 is 10.9. The van der Waals surface area contributed by atoms with Crippen LogP contribution in [-0.4, -0.2) is 30.8 Å². The number of Topliss-reactive ketones (excluding diaryl/α,β-unsaturated/α-hetero) is 2. The van der Waals surface area contributed by atoms with Gasteiger partial charge in [0.15, 0.2) is 23.1 Å². The van der Waals surface area contributed by atoms with E-state index in [4.69, 9.17) is 9.47 Å². The number of rotatable bonds is 4. The van der Waals surface area contributed by atoms with Crippen molar-refractivity contribution in [3.63, 3.8) is 0 Å². The first-order valence-electron chi connectivity index (χ1n) is 10.1. The monoisotopic (exact) mass is 406 g/mol. The molecule has 2 aromatic rings. The van der Waals surface area contributed by atoms with Gasteiger partial charge < -0.3 is 14.4 Å². The van der Waals surface area contributed by atoms with E-state index in [-0.39, 0.29) is 29.4 Å². The van der Waals surface area contributed by atoms with Gasteiger partial charge in [0.05, 0.1) is 25.8 Å². The van der Waals surface area contributed by atoms with E-state index in [2.05, 4.69) is 23.7 Å². The molecule has 1 atom stereocenters. The van der Waals surface area contributed by atoms with Crippen LogP contribution in [-0.2, 0) is 9.59 Å². The molecule has 6 heteroatoms. The molecule has 0 amide bonds. The van der Waals surface area contributed by atoms with Gasteiger partial charge >= 0.3 is 0 Å². The molecule has 0 saturated heterocycles. The topological polar surface area (TPSA) is 68.7 Å². The molecule has 1 aromatic heterocycles. The highest BCUT2D eigenvalue weighted by atomic mass is 16.5. The van der Waals surface area contributed by atoms with Crippen molar-refractivity contribution >= 4 is 17.3 Å². The number of hydrogen-bond donors (Lipinski definition) is 0. The van der Waals surface area contributed by atoms with Crippen LogP contribution in [0.15, 0.2) is 54.0 Å². The summed E-state index contributed by atoms with van der Waals surface area (Å²) in [5, 5.41) is 0. The Balaban J connectivity index is 1.89. The maximum Gasteiger partial charge on any atom is 0.170 e. The SMILES string of the molecule is COc1ccc(C2CC(=O)C3=C(CC(C)(C)CC3=O)N2c2ccncc2)cc1OC. The summed E-state index contributed by atoms with van der Waals surface area (Å²) in [7, 11) is 3.19. The summed E-state index contributed by atoms with van der Waals surface area (Å²) in [5.41, 5.74) is 2.80. The molecule has 1 aliphatic carbocycles. The van der Waals surface area contributed by atoms with Crippen molar-refractivity contribution in [2.45, 2.75) is 39.2 Å². The lowest BCUT2D eigenvalue weighted by Gasteiger charge is -2.45. The van der Waals surface area contributed by atoms with Crippen LogP contribution in [0, 0.1) is 5.41 Å². The Bertz CT molecular complexity index is 1030. The highest BCUT2D eigenvalue weighted by molar-refractivity contribution is 6.22. The minimum absolute atomic E-state index is 0.0592. The maximum absolute atomic E-state index is 13.1.